The number of benzene rings is 1. The first-order valence-electron chi connectivity index (χ1n) is 6.32. The van der Waals surface area contributed by atoms with Crippen molar-refractivity contribution in [2.75, 3.05) is 7.05 Å². The predicted molar refractivity (Wildman–Crippen MR) is 75.9 cm³/mol. The van der Waals surface area contributed by atoms with Gasteiger partial charge in [-0.1, -0.05) is 34.1 Å². The zero-order chi connectivity index (χ0) is 13.1. The molecule has 2 rings (SSSR count). The molecule has 1 amide bonds. The zero-order valence-corrected chi connectivity index (χ0v) is 12.2. The summed E-state index contributed by atoms with van der Waals surface area (Å²) in [4.78, 5) is 14.1. The van der Waals surface area contributed by atoms with Gasteiger partial charge in [0.1, 0.15) is 0 Å². The summed E-state index contributed by atoms with van der Waals surface area (Å²) in [5.41, 5.74) is 7.00. The van der Waals surface area contributed by atoms with E-state index in [1.807, 2.05) is 36.2 Å². The van der Waals surface area contributed by atoms with Gasteiger partial charge in [-0.2, -0.15) is 0 Å². The quantitative estimate of drug-likeness (QED) is 0.932. The van der Waals surface area contributed by atoms with Crippen molar-refractivity contribution in [1.82, 2.24) is 4.90 Å². The highest BCUT2D eigenvalue weighted by atomic mass is 79.9. The van der Waals surface area contributed by atoms with Crippen molar-refractivity contribution in [2.45, 2.75) is 31.8 Å². The average Bonchev–Trinajstić information content (AvgIpc) is 2.78. The maximum Gasteiger partial charge on any atom is 0.225 e. The Morgan fingerprint density at radius 1 is 1.44 bits per heavy atom. The zero-order valence-electron chi connectivity index (χ0n) is 10.6. The summed E-state index contributed by atoms with van der Waals surface area (Å²) in [6.45, 7) is 0.645. The molecule has 0 saturated heterocycles. The van der Waals surface area contributed by atoms with Crippen LogP contribution in [-0.4, -0.2) is 23.9 Å². The molecule has 98 valence electrons. The molecular formula is C14H19BrN2O. The van der Waals surface area contributed by atoms with Crippen molar-refractivity contribution in [3.05, 3.63) is 34.3 Å². The van der Waals surface area contributed by atoms with Crippen LogP contribution in [0, 0.1) is 5.92 Å². The molecule has 1 aromatic carbocycles. The van der Waals surface area contributed by atoms with Gasteiger partial charge < -0.3 is 10.6 Å². The van der Waals surface area contributed by atoms with Gasteiger partial charge >= 0.3 is 0 Å². The lowest BCUT2D eigenvalue weighted by Gasteiger charge is -2.21. The highest BCUT2D eigenvalue weighted by Gasteiger charge is 2.29. The van der Waals surface area contributed by atoms with Crippen LogP contribution in [0.25, 0.3) is 0 Å². The Morgan fingerprint density at radius 3 is 2.78 bits per heavy atom. The van der Waals surface area contributed by atoms with Gasteiger partial charge in [0, 0.05) is 30.0 Å². The Hall–Kier alpha value is -0.870. The van der Waals surface area contributed by atoms with Crippen molar-refractivity contribution >= 4 is 21.8 Å². The molecule has 1 saturated carbocycles. The maximum atomic E-state index is 12.3. The van der Waals surface area contributed by atoms with Gasteiger partial charge in [-0.15, -0.1) is 0 Å². The molecule has 1 aliphatic rings. The summed E-state index contributed by atoms with van der Waals surface area (Å²) in [6.07, 6.45) is 2.73. The fourth-order valence-electron chi connectivity index (χ4n) is 2.51. The smallest absolute Gasteiger partial charge is 0.225 e. The van der Waals surface area contributed by atoms with E-state index in [4.69, 9.17) is 5.73 Å². The van der Waals surface area contributed by atoms with E-state index in [-0.39, 0.29) is 17.9 Å². The van der Waals surface area contributed by atoms with Crippen LogP contribution in [0.4, 0.5) is 0 Å². The van der Waals surface area contributed by atoms with Crippen LogP contribution in [0.2, 0.25) is 0 Å². The Labute approximate surface area is 116 Å². The molecule has 4 heteroatoms. The molecule has 0 aliphatic heterocycles. The van der Waals surface area contributed by atoms with E-state index in [1.54, 1.807) is 0 Å². The van der Waals surface area contributed by atoms with Crippen LogP contribution in [0.1, 0.15) is 24.8 Å². The van der Waals surface area contributed by atoms with E-state index in [1.165, 1.54) is 0 Å². The number of nitrogens with two attached hydrogens (primary N) is 1. The highest BCUT2D eigenvalue weighted by molar-refractivity contribution is 9.10. The van der Waals surface area contributed by atoms with Crippen molar-refractivity contribution in [1.29, 1.82) is 0 Å². The summed E-state index contributed by atoms with van der Waals surface area (Å²) < 4.78 is 1.05. The van der Waals surface area contributed by atoms with Gasteiger partial charge in [0.15, 0.2) is 0 Å². The molecule has 0 radical (unpaired) electrons. The third kappa shape index (κ3) is 3.12. The molecule has 2 unspecified atom stereocenters. The standard InChI is InChI=1S/C14H19BrN2O/c1-17(9-11-4-2-3-5-13(11)15)14(18)10-6-7-12(16)8-10/h2-5,10,12H,6-9,16H2,1H3. The van der Waals surface area contributed by atoms with Gasteiger partial charge in [0.2, 0.25) is 5.91 Å². The number of hydrogen-bond donors (Lipinski definition) is 1. The first kappa shape index (κ1) is 13.6. The van der Waals surface area contributed by atoms with Crippen molar-refractivity contribution in [3.63, 3.8) is 0 Å². The number of halogens is 1. The van der Waals surface area contributed by atoms with Gasteiger partial charge in [-0.05, 0) is 30.9 Å². The molecule has 2 atom stereocenters. The minimum absolute atomic E-state index is 0.118. The number of hydrogen-bond acceptors (Lipinski definition) is 2. The van der Waals surface area contributed by atoms with Gasteiger partial charge in [0.05, 0.1) is 0 Å². The molecule has 0 spiro atoms. The normalized spacial score (nSPS) is 23.1. The van der Waals surface area contributed by atoms with E-state index in [9.17, 15) is 4.79 Å². The van der Waals surface area contributed by atoms with E-state index in [2.05, 4.69) is 15.9 Å². The summed E-state index contributed by atoms with van der Waals surface area (Å²) in [5, 5.41) is 0. The van der Waals surface area contributed by atoms with Crippen molar-refractivity contribution in [2.24, 2.45) is 11.7 Å². The van der Waals surface area contributed by atoms with Gasteiger partial charge in [-0.25, -0.2) is 0 Å². The molecule has 1 aromatic rings. The van der Waals surface area contributed by atoms with E-state index < -0.39 is 0 Å². The summed E-state index contributed by atoms with van der Waals surface area (Å²) in [5.74, 6) is 0.339. The number of carbonyl (C=O) groups excluding carboxylic acids is 1. The van der Waals surface area contributed by atoms with Gasteiger partial charge in [0.25, 0.3) is 0 Å². The van der Waals surface area contributed by atoms with Crippen molar-refractivity contribution in [3.8, 4) is 0 Å². The molecular weight excluding hydrogens is 292 g/mol. The minimum Gasteiger partial charge on any atom is -0.341 e. The van der Waals surface area contributed by atoms with Crippen LogP contribution >= 0.6 is 15.9 Å². The predicted octanol–water partition coefficient (Wildman–Crippen LogP) is 2.53. The van der Waals surface area contributed by atoms with Crippen LogP contribution in [0.15, 0.2) is 28.7 Å². The Bertz CT molecular complexity index is 436. The summed E-state index contributed by atoms with van der Waals surface area (Å²) in [7, 11) is 1.87. The molecule has 0 aromatic heterocycles. The van der Waals surface area contributed by atoms with Gasteiger partial charge in [-0.3, -0.25) is 4.79 Å². The first-order chi connectivity index (χ1) is 8.58. The van der Waals surface area contributed by atoms with Crippen LogP contribution in [-0.2, 0) is 11.3 Å². The fraction of sp³-hybridized carbons (Fsp3) is 0.500. The SMILES string of the molecule is CN(Cc1ccccc1Br)C(=O)C1CCC(N)C1. The Balaban J connectivity index is 1.98. The third-order valence-corrected chi connectivity index (χ3v) is 4.34. The summed E-state index contributed by atoms with van der Waals surface area (Å²) >= 11 is 3.51. The number of carbonyl (C=O) groups is 1. The van der Waals surface area contributed by atoms with Crippen molar-refractivity contribution < 1.29 is 4.79 Å². The van der Waals surface area contributed by atoms with Crippen LogP contribution in [0.3, 0.4) is 0 Å². The average molecular weight is 311 g/mol. The molecule has 3 nitrogen and oxygen atoms in total. The van der Waals surface area contributed by atoms with Crippen LogP contribution < -0.4 is 5.73 Å². The lowest BCUT2D eigenvalue weighted by atomic mass is 10.1. The second-order valence-corrected chi connectivity index (χ2v) is 5.91. The lowest BCUT2D eigenvalue weighted by molar-refractivity contribution is -0.134. The Kier molecular flexibility index (Phi) is 4.40. The van der Waals surface area contributed by atoms with Crippen LogP contribution in [0.5, 0.6) is 0 Å². The van der Waals surface area contributed by atoms with E-state index >= 15 is 0 Å². The maximum absolute atomic E-state index is 12.3. The molecule has 0 heterocycles. The Morgan fingerprint density at radius 2 is 2.17 bits per heavy atom. The molecule has 18 heavy (non-hydrogen) atoms. The largest absolute Gasteiger partial charge is 0.341 e. The molecule has 0 bridgehead atoms. The highest BCUT2D eigenvalue weighted by Crippen LogP contribution is 2.26. The molecule has 2 N–H and O–H groups in total. The number of nitrogens with zero attached hydrogens (tertiary/aromatic N) is 1. The van der Waals surface area contributed by atoms with E-state index in [0.717, 1.165) is 29.3 Å². The molecule has 1 aliphatic carbocycles. The second-order valence-electron chi connectivity index (χ2n) is 5.06. The second kappa shape index (κ2) is 5.85. The monoisotopic (exact) mass is 310 g/mol. The number of amides is 1. The lowest BCUT2D eigenvalue weighted by Crippen LogP contribution is -2.32. The topological polar surface area (TPSA) is 46.3 Å². The number of rotatable bonds is 3. The minimum atomic E-state index is 0.118. The third-order valence-electron chi connectivity index (χ3n) is 3.56. The summed E-state index contributed by atoms with van der Waals surface area (Å²) in [6, 6.07) is 8.21. The first-order valence-corrected chi connectivity index (χ1v) is 7.11. The fourth-order valence-corrected chi connectivity index (χ4v) is 2.92. The van der Waals surface area contributed by atoms with E-state index in [0.29, 0.717) is 6.54 Å². The molecule has 1 fully saturated rings.